The highest BCUT2D eigenvalue weighted by Gasteiger charge is 2.33. The number of hydrogen-bond acceptors (Lipinski definition) is 4. The van der Waals surface area contributed by atoms with Gasteiger partial charge in [-0.05, 0) is 21.1 Å². The molecule has 0 radical (unpaired) electrons. The molecular formula is C14H23N5O. The fourth-order valence-electron chi connectivity index (χ4n) is 3.10. The first-order valence-electron chi connectivity index (χ1n) is 7.16. The molecule has 0 spiro atoms. The van der Waals surface area contributed by atoms with Gasteiger partial charge < -0.3 is 14.7 Å². The number of aromatic nitrogens is 2. The molecule has 2 aliphatic heterocycles. The van der Waals surface area contributed by atoms with E-state index in [-0.39, 0.29) is 5.91 Å². The van der Waals surface area contributed by atoms with Crippen molar-refractivity contribution >= 4 is 5.91 Å². The Bertz CT molecular complexity index is 536. The normalized spacial score (nSPS) is 23.8. The van der Waals surface area contributed by atoms with Gasteiger partial charge in [-0.2, -0.15) is 5.10 Å². The number of likely N-dealkylation sites (N-methyl/N-ethyl adjacent to an activating group) is 3. The van der Waals surface area contributed by atoms with Crippen LogP contribution < -0.4 is 0 Å². The first-order valence-corrected chi connectivity index (χ1v) is 7.16. The van der Waals surface area contributed by atoms with Crippen LogP contribution in [-0.4, -0.2) is 77.7 Å². The molecule has 0 N–H and O–H groups in total. The minimum atomic E-state index is 0.110. The predicted molar refractivity (Wildman–Crippen MR) is 76.7 cm³/mol. The van der Waals surface area contributed by atoms with Crippen LogP contribution in [0, 0.1) is 0 Å². The predicted octanol–water partition coefficient (Wildman–Crippen LogP) is -0.113. The van der Waals surface area contributed by atoms with E-state index in [9.17, 15) is 4.79 Å². The van der Waals surface area contributed by atoms with Crippen LogP contribution in [0.3, 0.4) is 0 Å². The lowest BCUT2D eigenvalue weighted by molar-refractivity contribution is 0.0767. The summed E-state index contributed by atoms with van der Waals surface area (Å²) in [5, 5.41) is 4.72. The molecular weight excluding hydrogens is 254 g/mol. The van der Waals surface area contributed by atoms with Crippen molar-refractivity contribution in [2.24, 2.45) is 0 Å². The van der Waals surface area contributed by atoms with Gasteiger partial charge in [-0.3, -0.25) is 9.48 Å². The van der Waals surface area contributed by atoms with Crippen molar-refractivity contribution in [2.45, 2.75) is 25.6 Å². The lowest BCUT2D eigenvalue weighted by atomic mass is 10.1. The molecule has 1 atom stereocenters. The fourth-order valence-corrected chi connectivity index (χ4v) is 3.10. The molecule has 1 unspecified atom stereocenters. The van der Waals surface area contributed by atoms with Crippen LogP contribution in [-0.2, 0) is 19.5 Å². The van der Waals surface area contributed by atoms with Crippen molar-refractivity contribution in [3.63, 3.8) is 0 Å². The monoisotopic (exact) mass is 277 g/mol. The van der Waals surface area contributed by atoms with Gasteiger partial charge in [-0.15, -0.1) is 0 Å². The molecule has 0 saturated carbocycles. The molecule has 6 heteroatoms. The number of carbonyl (C=O) groups excluding carboxylic acids is 1. The Balaban J connectivity index is 2.05. The Labute approximate surface area is 119 Å². The van der Waals surface area contributed by atoms with Crippen LogP contribution in [0.1, 0.15) is 21.7 Å². The highest BCUT2D eigenvalue weighted by atomic mass is 16.2. The maximum absolute atomic E-state index is 12.7. The zero-order chi connectivity index (χ0) is 14.4. The Morgan fingerprint density at radius 2 is 2.00 bits per heavy atom. The van der Waals surface area contributed by atoms with Gasteiger partial charge in [0.15, 0.2) is 0 Å². The first-order chi connectivity index (χ1) is 9.47. The Hall–Kier alpha value is -1.40. The van der Waals surface area contributed by atoms with E-state index in [0.29, 0.717) is 6.04 Å². The standard InChI is InChI=1S/C14H23N5O/c1-16(2)10-7-18(4)14(20)13-11-9-17(3)6-5-12(11)15-19(13)8-10/h10H,5-9H2,1-4H3. The van der Waals surface area contributed by atoms with E-state index in [0.717, 1.165) is 49.6 Å². The van der Waals surface area contributed by atoms with Crippen molar-refractivity contribution in [2.75, 3.05) is 41.3 Å². The summed E-state index contributed by atoms with van der Waals surface area (Å²) in [6.45, 7) is 3.39. The molecule has 1 aromatic heterocycles. The molecule has 0 aliphatic carbocycles. The third kappa shape index (κ3) is 2.13. The summed E-state index contributed by atoms with van der Waals surface area (Å²) in [4.78, 5) is 18.9. The third-order valence-corrected chi connectivity index (χ3v) is 4.44. The number of hydrogen-bond donors (Lipinski definition) is 0. The highest BCUT2D eigenvalue weighted by molar-refractivity contribution is 5.94. The largest absolute Gasteiger partial charge is 0.339 e. The SMILES string of the molecule is CN1CCc2nn3c(c2C1)C(=O)N(C)CC(N(C)C)C3. The number of amides is 1. The number of carbonyl (C=O) groups is 1. The van der Waals surface area contributed by atoms with E-state index in [1.807, 2.05) is 16.6 Å². The molecule has 2 aliphatic rings. The van der Waals surface area contributed by atoms with E-state index in [2.05, 4.69) is 30.9 Å². The van der Waals surface area contributed by atoms with Gasteiger partial charge in [0.25, 0.3) is 5.91 Å². The van der Waals surface area contributed by atoms with Gasteiger partial charge in [0.2, 0.25) is 0 Å². The zero-order valence-electron chi connectivity index (χ0n) is 12.8. The summed E-state index contributed by atoms with van der Waals surface area (Å²) in [5.74, 6) is 0.110. The summed E-state index contributed by atoms with van der Waals surface area (Å²) in [6.07, 6.45) is 0.940. The third-order valence-electron chi connectivity index (χ3n) is 4.44. The average molecular weight is 277 g/mol. The Morgan fingerprint density at radius 1 is 1.25 bits per heavy atom. The van der Waals surface area contributed by atoms with Crippen LogP contribution in [0.15, 0.2) is 0 Å². The molecule has 3 rings (SSSR count). The second-order valence-electron chi connectivity index (χ2n) is 6.25. The number of rotatable bonds is 1. The Kier molecular flexibility index (Phi) is 3.30. The van der Waals surface area contributed by atoms with E-state index in [1.54, 1.807) is 0 Å². The van der Waals surface area contributed by atoms with E-state index >= 15 is 0 Å². The molecule has 0 fully saturated rings. The van der Waals surface area contributed by atoms with Gasteiger partial charge in [0.1, 0.15) is 5.69 Å². The van der Waals surface area contributed by atoms with E-state index in [1.165, 1.54) is 0 Å². The van der Waals surface area contributed by atoms with Gasteiger partial charge in [-0.1, -0.05) is 0 Å². The zero-order valence-corrected chi connectivity index (χ0v) is 12.8. The molecule has 3 heterocycles. The first kappa shape index (κ1) is 13.6. The van der Waals surface area contributed by atoms with Crippen LogP contribution >= 0.6 is 0 Å². The van der Waals surface area contributed by atoms with E-state index < -0.39 is 0 Å². The van der Waals surface area contributed by atoms with Crippen LogP contribution in [0.2, 0.25) is 0 Å². The lowest BCUT2D eigenvalue weighted by Gasteiger charge is -2.26. The fraction of sp³-hybridized carbons (Fsp3) is 0.714. The van der Waals surface area contributed by atoms with Crippen molar-refractivity contribution < 1.29 is 4.79 Å². The smallest absolute Gasteiger partial charge is 0.272 e. The molecule has 6 nitrogen and oxygen atoms in total. The van der Waals surface area contributed by atoms with Crippen LogP contribution in [0.25, 0.3) is 0 Å². The molecule has 0 aromatic carbocycles. The van der Waals surface area contributed by atoms with Crippen LogP contribution in [0.4, 0.5) is 0 Å². The average Bonchev–Trinajstić information content (AvgIpc) is 2.67. The molecule has 1 amide bonds. The summed E-state index contributed by atoms with van der Waals surface area (Å²) in [6, 6.07) is 0.310. The summed E-state index contributed by atoms with van der Waals surface area (Å²) in [7, 11) is 8.11. The highest BCUT2D eigenvalue weighted by Crippen LogP contribution is 2.25. The van der Waals surface area contributed by atoms with Crippen molar-refractivity contribution in [1.29, 1.82) is 0 Å². The van der Waals surface area contributed by atoms with Crippen LogP contribution in [0.5, 0.6) is 0 Å². The second-order valence-corrected chi connectivity index (χ2v) is 6.25. The van der Waals surface area contributed by atoms with Crippen molar-refractivity contribution in [3.05, 3.63) is 17.0 Å². The molecule has 0 bridgehead atoms. The van der Waals surface area contributed by atoms with E-state index in [4.69, 9.17) is 5.10 Å². The minimum absolute atomic E-state index is 0.110. The maximum atomic E-state index is 12.7. The molecule has 20 heavy (non-hydrogen) atoms. The van der Waals surface area contributed by atoms with Crippen molar-refractivity contribution in [1.82, 2.24) is 24.5 Å². The van der Waals surface area contributed by atoms with Crippen molar-refractivity contribution in [3.8, 4) is 0 Å². The summed E-state index contributed by atoms with van der Waals surface area (Å²) >= 11 is 0. The molecule has 1 aromatic rings. The number of nitrogens with zero attached hydrogens (tertiary/aromatic N) is 5. The topological polar surface area (TPSA) is 44.6 Å². The van der Waals surface area contributed by atoms with Gasteiger partial charge >= 0.3 is 0 Å². The number of fused-ring (bicyclic) bond motifs is 3. The maximum Gasteiger partial charge on any atom is 0.272 e. The molecule has 110 valence electrons. The van der Waals surface area contributed by atoms with Gasteiger partial charge in [0.05, 0.1) is 12.2 Å². The van der Waals surface area contributed by atoms with Gasteiger partial charge in [0, 0.05) is 44.7 Å². The molecule has 0 saturated heterocycles. The lowest BCUT2D eigenvalue weighted by Crippen LogP contribution is -2.41. The quantitative estimate of drug-likeness (QED) is 0.718. The second kappa shape index (κ2) is 4.86. The minimum Gasteiger partial charge on any atom is -0.339 e. The van der Waals surface area contributed by atoms with Gasteiger partial charge in [-0.25, -0.2) is 0 Å². The Morgan fingerprint density at radius 3 is 2.70 bits per heavy atom. The summed E-state index contributed by atoms with van der Waals surface area (Å²) in [5.41, 5.74) is 3.05. The summed E-state index contributed by atoms with van der Waals surface area (Å²) < 4.78 is 1.94.